The van der Waals surface area contributed by atoms with Crippen LogP contribution in [0.25, 0.3) is 11.3 Å². The number of nitrogens with one attached hydrogen (secondary N) is 1. The van der Waals surface area contributed by atoms with Crippen molar-refractivity contribution in [3.63, 3.8) is 0 Å². The summed E-state index contributed by atoms with van der Waals surface area (Å²) in [6.07, 6.45) is 1.76. The number of pyridine rings is 1. The maximum Gasteiger partial charge on any atom is 0.336 e. The fourth-order valence-corrected chi connectivity index (χ4v) is 4.16. The Morgan fingerprint density at radius 3 is 2.67 bits per heavy atom. The zero-order valence-corrected chi connectivity index (χ0v) is 17.6. The predicted molar refractivity (Wildman–Crippen MR) is 118 cm³/mol. The Morgan fingerprint density at radius 1 is 1.20 bits per heavy atom. The van der Waals surface area contributed by atoms with Gasteiger partial charge in [0.2, 0.25) is 0 Å². The van der Waals surface area contributed by atoms with Crippen LogP contribution in [0.2, 0.25) is 0 Å². The summed E-state index contributed by atoms with van der Waals surface area (Å²) in [5.74, 6) is 0.649. The van der Waals surface area contributed by atoms with Crippen LogP contribution in [0.3, 0.4) is 0 Å². The van der Waals surface area contributed by atoms with Gasteiger partial charge >= 0.3 is 5.97 Å². The number of aromatic nitrogens is 1. The Labute approximate surface area is 180 Å². The molecule has 7 heteroatoms. The van der Waals surface area contributed by atoms with E-state index in [1.807, 2.05) is 30.3 Å². The quantitative estimate of drug-likeness (QED) is 0.560. The van der Waals surface area contributed by atoms with Crippen LogP contribution in [0.15, 0.2) is 65.2 Å². The molecule has 0 saturated carbocycles. The molecule has 154 valence electrons. The van der Waals surface area contributed by atoms with Crippen LogP contribution < -0.4 is 5.32 Å². The van der Waals surface area contributed by atoms with Crippen LogP contribution in [0.1, 0.15) is 47.7 Å². The molecule has 1 aliphatic rings. The van der Waals surface area contributed by atoms with E-state index < -0.39 is 5.97 Å². The number of hydrogen-bond acceptors (Lipinski definition) is 4. The number of carbonyl (C=O) groups is 1. The van der Waals surface area contributed by atoms with E-state index in [1.165, 1.54) is 0 Å². The molecule has 2 atom stereocenters. The Bertz CT molecular complexity index is 1060. The molecule has 2 aromatic heterocycles. The van der Waals surface area contributed by atoms with Crippen LogP contribution in [-0.4, -0.2) is 32.6 Å². The maximum absolute atomic E-state index is 11.6. The lowest BCUT2D eigenvalue weighted by molar-refractivity contribution is 0.0697. The molecule has 1 fully saturated rings. The van der Waals surface area contributed by atoms with E-state index in [1.54, 1.807) is 30.5 Å². The molecule has 0 amide bonds. The molecular formula is C23H23N3O3S. The number of furan rings is 1. The number of carboxylic acids is 1. The first-order valence-corrected chi connectivity index (χ1v) is 10.3. The first kappa shape index (κ1) is 20.1. The van der Waals surface area contributed by atoms with Crippen LogP contribution >= 0.6 is 12.2 Å². The van der Waals surface area contributed by atoms with Gasteiger partial charge in [0.05, 0.1) is 17.3 Å². The lowest BCUT2D eigenvalue weighted by Crippen LogP contribution is -2.32. The smallest absolute Gasteiger partial charge is 0.336 e. The first-order valence-electron chi connectivity index (χ1n) is 9.86. The highest BCUT2D eigenvalue weighted by Crippen LogP contribution is 2.41. The summed E-state index contributed by atoms with van der Waals surface area (Å²) >= 11 is 5.64. The molecule has 0 bridgehead atoms. The van der Waals surface area contributed by atoms with Crippen molar-refractivity contribution >= 4 is 23.3 Å². The van der Waals surface area contributed by atoms with Crippen molar-refractivity contribution in [1.82, 2.24) is 15.2 Å². The Balaban J connectivity index is 1.76. The number of aromatic carboxylic acids is 1. The third kappa shape index (κ3) is 3.80. The molecule has 6 nitrogen and oxygen atoms in total. The molecule has 0 unspecified atom stereocenters. The van der Waals surface area contributed by atoms with Crippen molar-refractivity contribution < 1.29 is 14.3 Å². The van der Waals surface area contributed by atoms with Crippen molar-refractivity contribution in [2.24, 2.45) is 5.92 Å². The lowest BCUT2D eigenvalue weighted by Gasteiger charge is -2.27. The second-order valence-electron chi connectivity index (χ2n) is 7.73. The number of hydrogen-bond donors (Lipinski definition) is 2. The minimum absolute atomic E-state index is 0.161. The van der Waals surface area contributed by atoms with Crippen molar-refractivity contribution in [2.75, 3.05) is 6.54 Å². The van der Waals surface area contributed by atoms with E-state index in [0.29, 0.717) is 28.1 Å². The molecular weight excluding hydrogens is 398 g/mol. The van der Waals surface area contributed by atoms with Crippen LogP contribution in [0, 0.1) is 5.92 Å². The van der Waals surface area contributed by atoms with Gasteiger partial charge < -0.3 is 19.7 Å². The van der Waals surface area contributed by atoms with Crippen molar-refractivity contribution in [3.8, 4) is 11.3 Å². The van der Waals surface area contributed by atoms with E-state index in [-0.39, 0.29) is 17.6 Å². The highest BCUT2D eigenvalue weighted by atomic mass is 32.1. The van der Waals surface area contributed by atoms with Crippen molar-refractivity contribution in [3.05, 3.63) is 77.8 Å². The van der Waals surface area contributed by atoms with Gasteiger partial charge in [-0.25, -0.2) is 4.79 Å². The molecule has 3 heterocycles. The van der Waals surface area contributed by atoms with Gasteiger partial charge in [-0.3, -0.25) is 4.98 Å². The summed E-state index contributed by atoms with van der Waals surface area (Å²) in [6, 6.07) is 16.0. The lowest BCUT2D eigenvalue weighted by atomic mass is 10.0. The summed E-state index contributed by atoms with van der Waals surface area (Å²) in [4.78, 5) is 18.3. The van der Waals surface area contributed by atoms with Gasteiger partial charge in [-0.05, 0) is 48.5 Å². The van der Waals surface area contributed by atoms with Crippen molar-refractivity contribution in [2.45, 2.75) is 25.9 Å². The first-order chi connectivity index (χ1) is 14.5. The average molecular weight is 422 g/mol. The van der Waals surface area contributed by atoms with E-state index in [0.717, 1.165) is 12.2 Å². The molecule has 1 aliphatic heterocycles. The average Bonchev–Trinajstić information content (AvgIpc) is 3.33. The molecule has 1 saturated heterocycles. The topological polar surface area (TPSA) is 78.6 Å². The normalized spacial score (nSPS) is 18.6. The largest absolute Gasteiger partial charge is 0.478 e. The minimum atomic E-state index is -0.986. The molecule has 30 heavy (non-hydrogen) atoms. The Morgan fingerprint density at radius 2 is 1.97 bits per heavy atom. The number of carboxylic acid groups (broad SMARTS) is 1. The number of benzene rings is 1. The Kier molecular flexibility index (Phi) is 5.55. The third-order valence-electron chi connectivity index (χ3n) is 5.10. The molecule has 2 N–H and O–H groups in total. The Hall–Kier alpha value is -3.19. The van der Waals surface area contributed by atoms with E-state index in [2.05, 4.69) is 29.0 Å². The fraction of sp³-hybridized carbons (Fsp3) is 0.261. The SMILES string of the molecule is CC(C)CN1C(=S)N[C@@H](c2ccccn2)[C@H]1c1ccc(-c2ccccc2C(=O)O)o1. The number of nitrogens with zero attached hydrogens (tertiary/aromatic N) is 2. The highest BCUT2D eigenvalue weighted by molar-refractivity contribution is 7.80. The second-order valence-corrected chi connectivity index (χ2v) is 8.11. The van der Waals surface area contributed by atoms with Gasteiger partial charge in [0.1, 0.15) is 17.6 Å². The van der Waals surface area contributed by atoms with Gasteiger partial charge in [-0.2, -0.15) is 0 Å². The van der Waals surface area contributed by atoms with Crippen LogP contribution in [0.5, 0.6) is 0 Å². The van der Waals surface area contributed by atoms with E-state index in [4.69, 9.17) is 16.6 Å². The molecule has 3 aromatic rings. The fourth-order valence-electron chi connectivity index (χ4n) is 3.85. The van der Waals surface area contributed by atoms with Gasteiger partial charge in [0.25, 0.3) is 0 Å². The van der Waals surface area contributed by atoms with E-state index >= 15 is 0 Å². The monoisotopic (exact) mass is 421 g/mol. The van der Waals surface area contributed by atoms with E-state index in [9.17, 15) is 9.90 Å². The summed E-state index contributed by atoms with van der Waals surface area (Å²) in [6.45, 7) is 5.05. The summed E-state index contributed by atoms with van der Waals surface area (Å²) < 4.78 is 6.22. The minimum Gasteiger partial charge on any atom is -0.478 e. The molecule has 1 aromatic carbocycles. The molecule has 4 rings (SSSR count). The number of thiocarbonyl (C=S) groups is 1. The zero-order chi connectivity index (χ0) is 21.3. The summed E-state index contributed by atoms with van der Waals surface area (Å²) in [5, 5.41) is 13.6. The predicted octanol–water partition coefficient (Wildman–Crippen LogP) is 4.67. The van der Waals surface area contributed by atoms with Gasteiger partial charge in [-0.1, -0.05) is 38.1 Å². The van der Waals surface area contributed by atoms with Gasteiger partial charge in [-0.15, -0.1) is 0 Å². The van der Waals surface area contributed by atoms with Crippen LogP contribution in [-0.2, 0) is 0 Å². The van der Waals surface area contributed by atoms with Crippen LogP contribution in [0.4, 0.5) is 0 Å². The van der Waals surface area contributed by atoms with Gasteiger partial charge in [0, 0.05) is 18.3 Å². The second kappa shape index (κ2) is 8.28. The van der Waals surface area contributed by atoms with Gasteiger partial charge in [0.15, 0.2) is 5.11 Å². The third-order valence-corrected chi connectivity index (χ3v) is 5.45. The molecule has 0 spiro atoms. The highest BCUT2D eigenvalue weighted by Gasteiger charge is 2.41. The zero-order valence-electron chi connectivity index (χ0n) is 16.8. The summed E-state index contributed by atoms with van der Waals surface area (Å²) in [5.41, 5.74) is 1.63. The maximum atomic E-state index is 11.6. The standard InChI is InChI=1S/C23H23N3O3S/c1-14(2)13-26-21(20(25-23(26)30)17-9-5-6-12-24-17)19-11-10-18(29-19)15-7-3-4-8-16(15)22(27)28/h3-12,14,20-21H,13H2,1-2H3,(H,25,30)(H,27,28)/t20-,21+/m0/s1. The van der Waals surface area contributed by atoms with Crippen molar-refractivity contribution in [1.29, 1.82) is 0 Å². The number of rotatable bonds is 6. The summed E-state index contributed by atoms with van der Waals surface area (Å²) in [7, 11) is 0. The molecule has 0 radical (unpaired) electrons. The molecule has 0 aliphatic carbocycles.